The third-order valence-electron chi connectivity index (χ3n) is 8.32. The van der Waals surface area contributed by atoms with E-state index in [1.807, 2.05) is 48.3 Å². The highest BCUT2D eigenvalue weighted by molar-refractivity contribution is 6.01. The zero-order valence-corrected chi connectivity index (χ0v) is 24.9. The van der Waals surface area contributed by atoms with E-state index in [0.29, 0.717) is 25.2 Å². The fraction of sp³-hybridized carbons (Fsp3) is 0.353. The van der Waals surface area contributed by atoms with E-state index >= 15 is 0 Å². The summed E-state index contributed by atoms with van der Waals surface area (Å²) in [5.41, 5.74) is 2.63. The number of ketones is 1. The maximum atomic E-state index is 14.3. The van der Waals surface area contributed by atoms with Gasteiger partial charge in [-0.1, -0.05) is 42.5 Å². The Balaban J connectivity index is 1.47. The molecule has 0 atom stereocenters. The van der Waals surface area contributed by atoms with Crippen molar-refractivity contribution in [1.29, 1.82) is 0 Å². The molecule has 2 aromatic carbocycles. The van der Waals surface area contributed by atoms with Gasteiger partial charge in [-0.2, -0.15) is 0 Å². The zero-order chi connectivity index (χ0) is 30.6. The first-order chi connectivity index (χ1) is 21.4. The van der Waals surface area contributed by atoms with E-state index in [2.05, 4.69) is 4.90 Å². The summed E-state index contributed by atoms with van der Waals surface area (Å²) in [7, 11) is 1.90. The fourth-order valence-electron chi connectivity index (χ4n) is 5.84. The lowest BCUT2D eigenvalue weighted by Gasteiger charge is -2.34. The lowest BCUT2D eigenvalue weighted by atomic mass is 10.1. The number of carbonyl (C=O) groups is 2. The van der Waals surface area contributed by atoms with Gasteiger partial charge in [-0.25, -0.2) is 9.37 Å². The van der Waals surface area contributed by atoms with E-state index < -0.39 is 5.56 Å². The average Bonchev–Trinajstić information content (AvgIpc) is 3.04. The Labute approximate surface area is 255 Å². The van der Waals surface area contributed by atoms with E-state index in [-0.39, 0.29) is 54.2 Å². The highest BCUT2D eigenvalue weighted by Gasteiger charge is 2.29. The largest absolute Gasteiger partial charge is 0.481 e. The second kappa shape index (κ2) is 13.0. The highest BCUT2D eigenvalue weighted by atomic mass is 19.1. The molecule has 0 spiro atoms. The van der Waals surface area contributed by atoms with E-state index in [1.54, 1.807) is 23.2 Å². The Hall–Kier alpha value is -4.57. The topological polar surface area (TPSA) is 87.5 Å². The minimum atomic E-state index is -0.502. The monoisotopic (exact) mass is 597 g/mol. The van der Waals surface area contributed by atoms with Crippen molar-refractivity contribution in [1.82, 2.24) is 14.3 Å². The molecule has 2 aliphatic heterocycles. The fourth-order valence-corrected chi connectivity index (χ4v) is 5.84. The van der Waals surface area contributed by atoms with Gasteiger partial charge in [0.15, 0.2) is 17.1 Å². The number of amides is 1. The second-order valence-electron chi connectivity index (χ2n) is 11.5. The highest BCUT2D eigenvalue weighted by Crippen LogP contribution is 2.31. The molecule has 0 radical (unpaired) electrons. The Morgan fingerprint density at radius 3 is 2.41 bits per heavy atom. The van der Waals surface area contributed by atoms with Crippen molar-refractivity contribution in [3.05, 3.63) is 99.9 Å². The molecule has 0 saturated carbocycles. The van der Waals surface area contributed by atoms with Crippen LogP contribution in [0.2, 0.25) is 0 Å². The Morgan fingerprint density at radius 1 is 0.932 bits per heavy atom. The van der Waals surface area contributed by atoms with Gasteiger partial charge < -0.3 is 14.5 Å². The number of aryl methyl sites for hydroxylation is 1. The number of hydrogen-bond donors (Lipinski definition) is 0. The standard InChI is InChI=1S/C34H36FN5O4/c1-37-18-19-39(30(42)22-37)28-20-27(38-16-6-3-7-17-38)21-40-33(28)36-31(29(41)15-12-24-10-13-26(35)14-11-24)32(34(40)43)44-23-25-8-4-2-5-9-25/h2,4-5,8-11,13-14,20-21H,3,6-7,12,15-19,22-23H2,1H3. The lowest BCUT2D eigenvalue weighted by molar-refractivity contribution is -0.120. The summed E-state index contributed by atoms with van der Waals surface area (Å²) in [5.74, 6) is -0.940. The van der Waals surface area contributed by atoms with Crippen molar-refractivity contribution >= 4 is 28.7 Å². The zero-order valence-electron chi connectivity index (χ0n) is 24.9. The number of piperazine rings is 1. The van der Waals surface area contributed by atoms with Crippen LogP contribution in [0.5, 0.6) is 5.75 Å². The number of halogens is 1. The van der Waals surface area contributed by atoms with Crippen LogP contribution in [-0.4, -0.2) is 65.7 Å². The van der Waals surface area contributed by atoms with Gasteiger partial charge in [0.2, 0.25) is 11.7 Å². The molecule has 44 heavy (non-hydrogen) atoms. The van der Waals surface area contributed by atoms with Gasteiger partial charge in [0.25, 0.3) is 0 Å². The quantitative estimate of drug-likeness (QED) is 0.263. The number of likely N-dealkylation sites (N-methyl/N-ethyl adjacent to an activating group) is 1. The first-order valence-corrected chi connectivity index (χ1v) is 15.2. The van der Waals surface area contributed by atoms with Crippen molar-refractivity contribution in [3.8, 4) is 5.75 Å². The normalized spacial score (nSPS) is 16.0. The van der Waals surface area contributed by atoms with Crippen LogP contribution in [0.25, 0.3) is 5.65 Å². The van der Waals surface area contributed by atoms with Crippen LogP contribution in [0.3, 0.4) is 0 Å². The number of nitrogens with zero attached hydrogens (tertiary/aromatic N) is 5. The molecule has 0 unspecified atom stereocenters. The molecule has 228 valence electrons. The van der Waals surface area contributed by atoms with Crippen LogP contribution in [0.15, 0.2) is 71.7 Å². The Kier molecular flexibility index (Phi) is 8.70. The van der Waals surface area contributed by atoms with Crippen molar-refractivity contribution in [3.63, 3.8) is 0 Å². The SMILES string of the molecule is CN1CCN(c2cc(N3CCCCC3)cn3c(=O)c(OCc4ccccc4)c(C(=O)CCc4ccc(F)cc4)nc23)C(=O)C1. The van der Waals surface area contributed by atoms with Crippen molar-refractivity contribution in [2.45, 2.75) is 38.7 Å². The number of fused-ring (bicyclic) bond motifs is 1. The molecule has 0 aliphatic carbocycles. The van der Waals surface area contributed by atoms with Gasteiger partial charge in [-0.15, -0.1) is 0 Å². The van der Waals surface area contributed by atoms with Gasteiger partial charge in [0.05, 0.1) is 17.9 Å². The molecule has 10 heteroatoms. The second-order valence-corrected chi connectivity index (χ2v) is 11.5. The predicted octanol–water partition coefficient (Wildman–Crippen LogP) is 4.50. The number of anilines is 2. The van der Waals surface area contributed by atoms with Gasteiger partial charge in [-0.3, -0.25) is 23.7 Å². The van der Waals surface area contributed by atoms with Crippen LogP contribution in [0.4, 0.5) is 15.8 Å². The maximum absolute atomic E-state index is 14.3. The number of piperidine rings is 1. The number of benzene rings is 2. The molecular weight excluding hydrogens is 561 g/mol. The molecule has 4 heterocycles. The van der Waals surface area contributed by atoms with E-state index in [9.17, 15) is 18.8 Å². The van der Waals surface area contributed by atoms with Crippen LogP contribution in [0, 0.1) is 5.82 Å². The number of aromatic nitrogens is 2. The molecule has 2 fully saturated rings. The minimum absolute atomic E-state index is 0.0462. The number of hydrogen-bond acceptors (Lipinski definition) is 7. The van der Waals surface area contributed by atoms with E-state index in [4.69, 9.17) is 9.72 Å². The van der Waals surface area contributed by atoms with E-state index in [1.165, 1.54) is 16.5 Å². The molecular formula is C34H36FN5O4. The summed E-state index contributed by atoms with van der Waals surface area (Å²) < 4.78 is 21.0. The first-order valence-electron chi connectivity index (χ1n) is 15.2. The van der Waals surface area contributed by atoms with Crippen LogP contribution < -0.4 is 20.1 Å². The number of Topliss-reactive ketones (excluding diaryl/α,β-unsaturated/α-hetero) is 1. The van der Waals surface area contributed by atoms with Crippen molar-refractivity contribution < 1.29 is 18.7 Å². The maximum Gasteiger partial charge on any atom is 0.301 e. The van der Waals surface area contributed by atoms with Crippen molar-refractivity contribution in [2.75, 3.05) is 49.6 Å². The predicted molar refractivity (Wildman–Crippen MR) is 167 cm³/mol. The average molecular weight is 598 g/mol. The summed E-state index contributed by atoms with van der Waals surface area (Å²) in [6.45, 7) is 3.12. The Bertz CT molecular complexity index is 1720. The van der Waals surface area contributed by atoms with Crippen LogP contribution >= 0.6 is 0 Å². The first kappa shape index (κ1) is 29.5. The molecule has 9 nitrogen and oxygen atoms in total. The summed E-state index contributed by atoms with van der Waals surface area (Å²) >= 11 is 0. The summed E-state index contributed by atoms with van der Waals surface area (Å²) in [6.07, 6.45) is 5.38. The summed E-state index contributed by atoms with van der Waals surface area (Å²) in [6, 6.07) is 17.3. The molecule has 0 bridgehead atoms. The van der Waals surface area contributed by atoms with Gasteiger partial charge in [-0.05, 0) is 62.1 Å². The smallest absolute Gasteiger partial charge is 0.301 e. The summed E-state index contributed by atoms with van der Waals surface area (Å²) in [5, 5.41) is 0. The lowest BCUT2D eigenvalue weighted by Crippen LogP contribution is -2.49. The van der Waals surface area contributed by atoms with Crippen LogP contribution in [-0.2, 0) is 17.8 Å². The Morgan fingerprint density at radius 2 is 1.68 bits per heavy atom. The number of rotatable bonds is 9. The van der Waals surface area contributed by atoms with Crippen molar-refractivity contribution in [2.24, 2.45) is 0 Å². The molecule has 6 rings (SSSR count). The minimum Gasteiger partial charge on any atom is -0.481 e. The van der Waals surface area contributed by atoms with Crippen LogP contribution in [0.1, 0.15) is 47.3 Å². The van der Waals surface area contributed by atoms with Gasteiger partial charge >= 0.3 is 5.56 Å². The summed E-state index contributed by atoms with van der Waals surface area (Å²) in [4.78, 5) is 52.0. The molecule has 2 saturated heterocycles. The molecule has 4 aromatic rings. The van der Waals surface area contributed by atoms with Gasteiger partial charge in [0, 0.05) is 38.8 Å². The third kappa shape index (κ3) is 6.35. The third-order valence-corrected chi connectivity index (χ3v) is 8.32. The molecule has 1 amide bonds. The number of pyridine rings is 1. The van der Waals surface area contributed by atoms with Gasteiger partial charge in [0.1, 0.15) is 12.4 Å². The molecule has 2 aliphatic rings. The molecule has 2 aromatic heterocycles. The molecule has 0 N–H and O–H groups in total. The number of carbonyl (C=O) groups excluding carboxylic acids is 2. The van der Waals surface area contributed by atoms with E-state index in [0.717, 1.165) is 49.2 Å². The number of ether oxygens (including phenoxy) is 1.